The second-order valence-corrected chi connectivity index (χ2v) is 5.84. The number of H-pyrrole nitrogens is 1. The van der Waals surface area contributed by atoms with Gasteiger partial charge < -0.3 is 9.72 Å². The molecule has 0 amide bonds. The number of hydrogen-bond acceptors (Lipinski definition) is 3. The lowest BCUT2D eigenvalue weighted by Crippen LogP contribution is -1.87. The van der Waals surface area contributed by atoms with Crippen LogP contribution in [0, 0.1) is 0 Å². The minimum Gasteiger partial charge on any atom is -0.497 e. The highest BCUT2D eigenvalue weighted by Crippen LogP contribution is 2.28. The molecule has 24 heavy (non-hydrogen) atoms. The molecular weight excluding hydrogens is 322 g/mol. The molecular formula is C19H14ClN3O. The van der Waals surface area contributed by atoms with E-state index in [0.29, 0.717) is 5.15 Å². The minimum atomic E-state index is 0.392. The van der Waals surface area contributed by atoms with Crippen molar-refractivity contribution in [2.24, 2.45) is 0 Å². The monoisotopic (exact) mass is 335 g/mol. The van der Waals surface area contributed by atoms with Crippen LogP contribution in [0.2, 0.25) is 5.15 Å². The number of nitrogens with zero attached hydrogens (tertiary/aromatic N) is 2. The van der Waals surface area contributed by atoms with Crippen LogP contribution in [-0.4, -0.2) is 22.3 Å². The summed E-state index contributed by atoms with van der Waals surface area (Å²) >= 11 is 5.78. The molecule has 5 heteroatoms. The third-order valence-electron chi connectivity index (χ3n) is 3.95. The van der Waals surface area contributed by atoms with Gasteiger partial charge in [-0.3, -0.25) is 0 Å². The number of aromatic nitrogens is 3. The predicted octanol–water partition coefficient (Wildman–Crippen LogP) is 4.95. The molecule has 0 aliphatic rings. The van der Waals surface area contributed by atoms with Crippen molar-refractivity contribution in [3.63, 3.8) is 0 Å². The first kappa shape index (κ1) is 14.7. The highest BCUT2D eigenvalue weighted by atomic mass is 35.5. The first-order chi connectivity index (χ1) is 11.7. The maximum Gasteiger partial charge on any atom is 0.151 e. The molecule has 2 aromatic heterocycles. The zero-order valence-corrected chi connectivity index (χ0v) is 13.7. The number of aromatic amines is 1. The Hall–Kier alpha value is -2.85. The molecule has 0 saturated heterocycles. The van der Waals surface area contributed by atoms with E-state index in [0.717, 1.165) is 39.2 Å². The van der Waals surface area contributed by atoms with E-state index in [2.05, 4.69) is 33.4 Å². The molecule has 0 unspecified atom stereocenters. The Labute approximate surface area is 144 Å². The molecule has 0 fully saturated rings. The largest absolute Gasteiger partial charge is 0.497 e. The van der Waals surface area contributed by atoms with Gasteiger partial charge in [-0.15, -0.1) is 10.2 Å². The van der Waals surface area contributed by atoms with Crippen molar-refractivity contribution in [1.29, 1.82) is 0 Å². The van der Waals surface area contributed by atoms with Crippen LogP contribution in [0.1, 0.15) is 0 Å². The van der Waals surface area contributed by atoms with Gasteiger partial charge >= 0.3 is 0 Å². The number of nitrogens with one attached hydrogen (secondary N) is 1. The quantitative estimate of drug-likeness (QED) is 0.576. The SMILES string of the molecule is COc1ccc2[nH]c(-c3ccc(-c4ccc(Cl)nn4)cc3)cc2c1. The van der Waals surface area contributed by atoms with Crippen molar-refractivity contribution < 1.29 is 4.74 Å². The van der Waals surface area contributed by atoms with Gasteiger partial charge in [0.25, 0.3) is 0 Å². The van der Waals surface area contributed by atoms with Gasteiger partial charge in [-0.25, -0.2) is 0 Å². The fraction of sp³-hybridized carbons (Fsp3) is 0.0526. The second kappa shape index (κ2) is 5.98. The fourth-order valence-electron chi connectivity index (χ4n) is 2.68. The summed E-state index contributed by atoms with van der Waals surface area (Å²) in [5, 5.41) is 9.49. The van der Waals surface area contributed by atoms with Crippen LogP contribution in [0.3, 0.4) is 0 Å². The topological polar surface area (TPSA) is 50.8 Å². The van der Waals surface area contributed by atoms with Crippen LogP contribution in [0.4, 0.5) is 0 Å². The molecule has 0 spiro atoms. The van der Waals surface area contributed by atoms with Crippen molar-refractivity contribution in [1.82, 2.24) is 15.2 Å². The Morgan fingerprint density at radius 3 is 2.38 bits per heavy atom. The average Bonchev–Trinajstić information content (AvgIpc) is 3.05. The summed E-state index contributed by atoms with van der Waals surface area (Å²) in [6, 6.07) is 19.9. The van der Waals surface area contributed by atoms with Crippen LogP contribution in [0.25, 0.3) is 33.4 Å². The molecule has 0 aliphatic heterocycles. The van der Waals surface area contributed by atoms with Crippen LogP contribution < -0.4 is 4.74 Å². The molecule has 4 aromatic rings. The Bertz CT molecular complexity index is 991. The normalized spacial score (nSPS) is 10.9. The minimum absolute atomic E-state index is 0.392. The molecule has 0 bridgehead atoms. The van der Waals surface area contributed by atoms with E-state index in [4.69, 9.17) is 16.3 Å². The third kappa shape index (κ3) is 2.72. The van der Waals surface area contributed by atoms with Crippen molar-refractivity contribution in [3.05, 3.63) is 65.8 Å². The lowest BCUT2D eigenvalue weighted by atomic mass is 10.1. The Morgan fingerprint density at radius 2 is 1.67 bits per heavy atom. The van der Waals surface area contributed by atoms with E-state index in [1.807, 2.05) is 36.4 Å². The summed E-state index contributed by atoms with van der Waals surface area (Å²) in [5.74, 6) is 0.852. The fourth-order valence-corrected chi connectivity index (χ4v) is 2.78. The lowest BCUT2D eigenvalue weighted by molar-refractivity contribution is 0.415. The summed E-state index contributed by atoms with van der Waals surface area (Å²) < 4.78 is 5.27. The van der Waals surface area contributed by atoms with E-state index < -0.39 is 0 Å². The molecule has 2 heterocycles. The standard InChI is InChI=1S/C19H14ClN3O/c1-24-15-6-7-16-14(10-15)11-18(21-16)13-4-2-12(3-5-13)17-8-9-19(20)23-22-17/h2-11,21H,1H3. The number of rotatable bonds is 3. The molecule has 0 atom stereocenters. The smallest absolute Gasteiger partial charge is 0.151 e. The molecule has 4 rings (SSSR count). The molecule has 0 radical (unpaired) electrons. The number of benzene rings is 2. The third-order valence-corrected chi connectivity index (χ3v) is 4.15. The van der Waals surface area contributed by atoms with E-state index in [-0.39, 0.29) is 0 Å². The number of methoxy groups -OCH3 is 1. The summed E-state index contributed by atoms with van der Waals surface area (Å²) in [4.78, 5) is 3.43. The summed E-state index contributed by atoms with van der Waals surface area (Å²) in [7, 11) is 1.67. The zero-order valence-electron chi connectivity index (χ0n) is 13.0. The molecule has 1 N–H and O–H groups in total. The maximum atomic E-state index is 5.78. The van der Waals surface area contributed by atoms with Gasteiger partial charge in [0.05, 0.1) is 12.8 Å². The van der Waals surface area contributed by atoms with Gasteiger partial charge in [0.2, 0.25) is 0 Å². The van der Waals surface area contributed by atoms with E-state index >= 15 is 0 Å². The van der Waals surface area contributed by atoms with Gasteiger partial charge in [-0.05, 0) is 42.0 Å². The number of fused-ring (bicyclic) bond motifs is 1. The first-order valence-corrected chi connectivity index (χ1v) is 7.87. The van der Waals surface area contributed by atoms with Crippen LogP contribution in [0.5, 0.6) is 5.75 Å². The Kier molecular flexibility index (Phi) is 3.67. The van der Waals surface area contributed by atoms with E-state index in [1.54, 1.807) is 13.2 Å². The molecule has 4 nitrogen and oxygen atoms in total. The molecule has 118 valence electrons. The second-order valence-electron chi connectivity index (χ2n) is 5.45. The van der Waals surface area contributed by atoms with Crippen LogP contribution in [-0.2, 0) is 0 Å². The number of hydrogen-bond donors (Lipinski definition) is 1. The molecule has 0 saturated carbocycles. The van der Waals surface area contributed by atoms with Gasteiger partial charge in [-0.1, -0.05) is 35.9 Å². The van der Waals surface area contributed by atoms with Crippen LogP contribution >= 0.6 is 11.6 Å². The van der Waals surface area contributed by atoms with Crippen molar-refractivity contribution in [3.8, 4) is 28.3 Å². The first-order valence-electron chi connectivity index (χ1n) is 7.50. The predicted molar refractivity (Wildman–Crippen MR) is 96.3 cm³/mol. The zero-order chi connectivity index (χ0) is 16.5. The summed E-state index contributed by atoms with van der Waals surface area (Å²) in [5.41, 5.74) is 5.05. The Balaban J connectivity index is 1.68. The van der Waals surface area contributed by atoms with Crippen molar-refractivity contribution >= 4 is 22.5 Å². The van der Waals surface area contributed by atoms with Gasteiger partial charge in [0.15, 0.2) is 5.15 Å². The summed E-state index contributed by atoms with van der Waals surface area (Å²) in [6.45, 7) is 0. The molecule has 0 aliphatic carbocycles. The average molecular weight is 336 g/mol. The lowest BCUT2D eigenvalue weighted by Gasteiger charge is -2.02. The Morgan fingerprint density at radius 1 is 0.875 bits per heavy atom. The van der Waals surface area contributed by atoms with Crippen molar-refractivity contribution in [2.75, 3.05) is 7.11 Å². The maximum absolute atomic E-state index is 5.78. The number of ether oxygens (including phenoxy) is 1. The highest BCUT2D eigenvalue weighted by molar-refractivity contribution is 6.29. The van der Waals surface area contributed by atoms with Crippen LogP contribution in [0.15, 0.2) is 60.7 Å². The van der Waals surface area contributed by atoms with Gasteiger partial charge in [0, 0.05) is 22.2 Å². The van der Waals surface area contributed by atoms with E-state index in [9.17, 15) is 0 Å². The molecule has 2 aromatic carbocycles. The number of halogens is 1. The highest BCUT2D eigenvalue weighted by Gasteiger charge is 2.06. The summed E-state index contributed by atoms with van der Waals surface area (Å²) in [6.07, 6.45) is 0. The van der Waals surface area contributed by atoms with Gasteiger partial charge in [0.1, 0.15) is 5.75 Å². The van der Waals surface area contributed by atoms with Crippen molar-refractivity contribution in [2.45, 2.75) is 0 Å². The van der Waals surface area contributed by atoms with Gasteiger partial charge in [-0.2, -0.15) is 0 Å². The van der Waals surface area contributed by atoms with E-state index in [1.165, 1.54) is 0 Å².